The third-order valence-corrected chi connectivity index (χ3v) is 4.95. The number of aliphatic carboxylic acids is 1. The van der Waals surface area contributed by atoms with Crippen molar-refractivity contribution in [3.8, 4) is 5.75 Å². The van der Waals surface area contributed by atoms with E-state index in [0.29, 0.717) is 5.56 Å². The molecule has 0 saturated heterocycles. The van der Waals surface area contributed by atoms with Gasteiger partial charge in [-0.1, -0.05) is 26.0 Å². The van der Waals surface area contributed by atoms with E-state index < -0.39 is 54.5 Å². The Morgan fingerprint density at radius 2 is 1.53 bits per heavy atom. The molecule has 0 radical (unpaired) electrons. The van der Waals surface area contributed by atoms with Crippen molar-refractivity contribution in [2.45, 2.75) is 44.4 Å². The number of phenolic OH excluding ortho intramolecular Hbond substituents is 1. The van der Waals surface area contributed by atoms with Crippen LogP contribution in [0.3, 0.4) is 0 Å². The van der Waals surface area contributed by atoms with Crippen LogP contribution >= 0.6 is 12.6 Å². The molecule has 12 heteroatoms. The SMILES string of the molecule is CC(C)C(NC(=O)C(N)CO)C(=O)NC(CS)C(=O)NC(Cc1ccc(O)cc1)C(=O)O. The highest BCUT2D eigenvalue weighted by atomic mass is 32.1. The van der Waals surface area contributed by atoms with Gasteiger partial charge in [-0.2, -0.15) is 12.6 Å². The van der Waals surface area contributed by atoms with Crippen LogP contribution in [-0.4, -0.2) is 75.5 Å². The first-order valence-corrected chi connectivity index (χ1v) is 10.5. The molecule has 0 saturated carbocycles. The quantitative estimate of drug-likeness (QED) is 0.167. The Bertz CT molecular complexity index is 804. The number of hydrogen-bond donors (Lipinski definition) is 8. The van der Waals surface area contributed by atoms with Crippen LogP contribution in [0.2, 0.25) is 0 Å². The van der Waals surface area contributed by atoms with Crippen molar-refractivity contribution in [3.05, 3.63) is 29.8 Å². The highest BCUT2D eigenvalue weighted by Gasteiger charge is 2.31. The normalized spacial score (nSPS) is 14.7. The van der Waals surface area contributed by atoms with Crippen molar-refractivity contribution in [1.29, 1.82) is 0 Å². The summed E-state index contributed by atoms with van der Waals surface area (Å²) in [6.07, 6.45) is -0.0433. The van der Waals surface area contributed by atoms with Crippen molar-refractivity contribution in [3.63, 3.8) is 0 Å². The Hall–Kier alpha value is -2.83. The average Bonchev–Trinajstić information content (AvgIpc) is 2.75. The van der Waals surface area contributed by atoms with Crippen molar-refractivity contribution < 1.29 is 34.5 Å². The third-order valence-electron chi connectivity index (χ3n) is 4.59. The van der Waals surface area contributed by atoms with E-state index in [-0.39, 0.29) is 23.8 Å². The Labute approximate surface area is 191 Å². The first-order chi connectivity index (χ1) is 15.0. The van der Waals surface area contributed by atoms with Crippen molar-refractivity contribution in [1.82, 2.24) is 16.0 Å². The molecule has 0 heterocycles. The lowest BCUT2D eigenvalue weighted by atomic mass is 10.0. The van der Waals surface area contributed by atoms with E-state index in [0.717, 1.165) is 0 Å². The minimum atomic E-state index is -1.28. The van der Waals surface area contributed by atoms with Gasteiger partial charge in [0.1, 0.15) is 29.9 Å². The third kappa shape index (κ3) is 8.36. The standard InChI is InChI=1S/C20H30N4O7S/c1-10(2)16(24-17(27)13(21)8-25)19(29)23-15(9-32)18(28)22-14(20(30)31)7-11-3-5-12(26)6-4-11/h3-6,10,13-16,25-26,32H,7-9,21H2,1-2H3,(H,22,28)(H,23,29)(H,24,27)(H,30,31). The maximum absolute atomic E-state index is 12.7. The van der Waals surface area contributed by atoms with Gasteiger partial charge in [-0.3, -0.25) is 14.4 Å². The Morgan fingerprint density at radius 3 is 2.00 bits per heavy atom. The monoisotopic (exact) mass is 470 g/mol. The fraction of sp³-hybridized carbons (Fsp3) is 0.500. The molecule has 1 rings (SSSR count). The molecule has 0 fully saturated rings. The molecule has 0 aliphatic rings. The molecule has 8 N–H and O–H groups in total. The molecule has 0 spiro atoms. The van der Waals surface area contributed by atoms with E-state index in [1.54, 1.807) is 13.8 Å². The first-order valence-electron chi connectivity index (χ1n) is 9.89. The molecule has 32 heavy (non-hydrogen) atoms. The molecule has 1 aromatic carbocycles. The number of phenols is 1. The van der Waals surface area contributed by atoms with Gasteiger partial charge in [0.25, 0.3) is 0 Å². The van der Waals surface area contributed by atoms with Gasteiger partial charge in [0.15, 0.2) is 0 Å². The summed E-state index contributed by atoms with van der Waals surface area (Å²) in [4.78, 5) is 48.8. The molecule has 4 unspecified atom stereocenters. The second-order valence-electron chi connectivity index (χ2n) is 7.53. The second kappa shape index (κ2) is 12.9. The number of carbonyl (C=O) groups excluding carboxylic acids is 3. The molecule has 4 atom stereocenters. The fourth-order valence-electron chi connectivity index (χ4n) is 2.67. The Kier molecular flexibility index (Phi) is 11.0. The number of hydrogen-bond acceptors (Lipinski definition) is 8. The number of rotatable bonds is 12. The fourth-order valence-corrected chi connectivity index (χ4v) is 2.93. The number of aromatic hydroxyl groups is 1. The topological polar surface area (TPSA) is 191 Å². The van der Waals surface area contributed by atoms with Crippen LogP contribution in [0.15, 0.2) is 24.3 Å². The second-order valence-corrected chi connectivity index (χ2v) is 7.90. The molecule has 0 bridgehead atoms. The summed E-state index contributed by atoms with van der Waals surface area (Å²) in [6.45, 7) is 2.74. The zero-order valence-corrected chi connectivity index (χ0v) is 18.7. The van der Waals surface area contributed by atoms with Crippen molar-refractivity contribution >= 4 is 36.3 Å². The molecule has 0 aliphatic carbocycles. The summed E-state index contributed by atoms with van der Waals surface area (Å²) < 4.78 is 0. The minimum absolute atomic E-state index is 0.0225. The van der Waals surface area contributed by atoms with Gasteiger partial charge in [0.2, 0.25) is 17.7 Å². The van der Waals surface area contributed by atoms with E-state index in [2.05, 4.69) is 28.6 Å². The number of aliphatic hydroxyl groups is 1. The molecular formula is C20H30N4O7S. The molecule has 3 amide bonds. The highest BCUT2D eigenvalue weighted by molar-refractivity contribution is 7.80. The van der Waals surface area contributed by atoms with Gasteiger partial charge < -0.3 is 37.0 Å². The van der Waals surface area contributed by atoms with Crippen LogP contribution in [-0.2, 0) is 25.6 Å². The number of carboxylic acids is 1. The van der Waals surface area contributed by atoms with E-state index in [1.807, 2.05) is 0 Å². The summed E-state index contributed by atoms with van der Waals surface area (Å²) in [6, 6.07) is 1.16. The summed E-state index contributed by atoms with van der Waals surface area (Å²) in [7, 11) is 0. The summed E-state index contributed by atoms with van der Waals surface area (Å²) in [5.41, 5.74) is 6.03. The van der Waals surface area contributed by atoms with Gasteiger partial charge in [0.05, 0.1) is 6.61 Å². The van der Waals surface area contributed by atoms with E-state index >= 15 is 0 Å². The van der Waals surface area contributed by atoms with Gasteiger partial charge in [-0.05, 0) is 23.6 Å². The van der Waals surface area contributed by atoms with Crippen molar-refractivity contribution in [2.24, 2.45) is 11.7 Å². The lowest BCUT2D eigenvalue weighted by molar-refractivity contribution is -0.142. The van der Waals surface area contributed by atoms with Gasteiger partial charge in [0, 0.05) is 12.2 Å². The number of thiol groups is 1. The smallest absolute Gasteiger partial charge is 0.326 e. The lowest BCUT2D eigenvalue weighted by Crippen LogP contribution is -2.59. The van der Waals surface area contributed by atoms with Gasteiger partial charge >= 0.3 is 5.97 Å². The summed E-state index contributed by atoms with van der Waals surface area (Å²) in [5, 5.41) is 35.0. The molecule has 0 aromatic heterocycles. The zero-order chi connectivity index (χ0) is 24.4. The largest absolute Gasteiger partial charge is 0.508 e. The predicted octanol–water partition coefficient (Wildman–Crippen LogP) is -1.62. The van der Waals surface area contributed by atoms with Crippen LogP contribution in [0, 0.1) is 5.92 Å². The minimum Gasteiger partial charge on any atom is -0.508 e. The number of nitrogens with one attached hydrogen (secondary N) is 3. The number of nitrogens with two attached hydrogens (primary N) is 1. The van der Waals surface area contributed by atoms with E-state index in [4.69, 9.17) is 10.8 Å². The number of benzene rings is 1. The van der Waals surface area contributed by atoms with Crippen LogP contribution in [0.1, 0.15) is 19.4 Å². The highest BCUT2D eigenvalue weighted by Crippen LogP contribution is 2.12. The zero-order valence-electron chi connectivity index (χ0n) is 17.8. The number of aliphatic hydroxyl groups excluding tert-OH is 1. The maximum Gasteiger partial charge on any atom is 0.326 e. The number of amides is 3. The molecular weight excluding hydrogens is 440 g/mol. The van der Waals surface area contributed by atoms with E-state index in [9.17, 15) is 29.4 Å². The molecule has 178 valence electrons. The first kappa shape index (κ1) is 27.2. The van der Waals surface area contributed by atoms with Crippen LogP contribution in [0.4, 0.5) is 0 Å². The van der Waals surface area contributed by atoms with E-state index in [1.165, 1.54) is 24.3 Å². The van der Waals surface area contributed by atoms with Crippen LogP contribution in [0.25, 0.3) is 0 Å². The molecule has 1 aromatic rings. The average molecular weight is 471 g/mol. The molecule has 0 aliphatic heterocycles. The summed E-state index contributed by atoms with van der Waals surface area (Å²) in [5.74, 6) is -3.92. The van der Waals surface area contributed by atoms with Crippen LogP contribution in [0.5, 0.6) is 5.75 Å². The lowest BCUT2D eigenvalue weighted by Gasteiger charge is -2.26. The summed E-state index contributed by atoms with van der Waals surface area (Å²) >= 11 is 4.06. The number of carboxylic acid groups (broad SMARTS) is 1. The predicted molar refractivity (Wildman–Crippen MR) is 119 cm³/mol. The maximum atomic E-state index is 12.7. The van der Waals surface area contributed by atoms with Crippen LogP contribution < -0.4 is 21.7 Å². The Balaban J connectivity index is 2.85. The molecule has 11 nitrogen and oxygen atoms in total. The Morgan fingerprint density at radius 1 is 0.969 bits per heavy atom. The van der Waals surface area contributed by atoms with Crippen molar-refractivity contribution in [2.75, 3.05) is 12.4 Å². The van der Waals surface area contributed by atoms with Gasteiger partial charge in [-0.15, -0.1) is 0 Å². The number of carbonyl (C=O) groups is 4. The van der Waals surface area contributed by atoms with Gasteiger partial charge in [-0.25, -0.2) is 4.79 Å².